The molecule has 1 fully saturated rings. The zero-order chi connectivity index (χ0) is 12.8. The third kappa shape index (κ3) is 3.32. The van der Waals surface area contributed by atoms with Crippen LogP contribution in [0.2, 0.25) is 0 Å². The SMILES string of the molecule is C/C=C/[C@H]1[C@@H](C(=O)OCC)CCC[C@H]1C(=O)O. The van der Waals surface area contributed by atoms with Gasteiger partial charge in [0.25, 0.3) is 0 Å². The fourth-order valence-electron chi connectivity index (χ4n) is 2.53. The van der Waals surface area contributed by atoms with Crippen molar-refractivity contribution in [3.05, 3.63) is 12.2 Å². The van der Waals surface area contributed by atoms with Crippen LogP contribution in [0, 0.1) is 17.8 Å². The van der Waals surface area contributed by atoms with Crippen LogP contribution in [0.3, 0.4) is 0 Å². The normalized spacial score (nSPS) is 29.2. The smallest absolute Gasteiger partial charge is 0.309 e. The number of carboxylic acids is 1. The largest absolute Gasteiger partial charge is 0.481 e. The first-order chi connectivity index (χ1) is 8.11. The van der Waals surface area contributed by atoms with Gasteiger partial charge in [0.2, 0.25) is 0 Å². The fraction of sp³-hybridized carbons (Fsp3) is 0.692. The first kappa shape index (κ1) is 13.7. The monoisotopic (exact) mass is 240 g/mol. The van der Waals surface area contributed by atoms with Crippen molar-refractivity contribution in [3.8, 4) is 0 Å². The second kappa shape index (κ2) is 6.42. The van der Waals surface area contributed by atoms with Gasteiger partial charge in [-0.2, -0.15) is 0 Å². The molecule has 0 spiro atoms. The molecule has 0 bridgehead atoms. The molecule has 4 nitrogen and oxygen atoms in total. The summed E-state index contributed by atoms with van der Waals surface area (Å²) in [6.45, 7) is 3.95. The Morgan fingerprint density at radius 2 is 2.00 bits per heavy atom. The number of carboxylic acid groups (broad SMARTS) is 1. The van der Waals surface area contributed by atoms with Gasteiger partial charge in [-0.1, -0.05) is 18.6 Å². The Morgan fingerprint density at radius 1 is 1.35 bits per heavy atom. The molecule has 1 aliphatic rings. The Morgan fingerprint density at radius 3 is 2.53 bits per heavy atom. The topological polar surface area (TPSA) is 63.6 Å². The van der Waals surface area contributed by atoms with Crippen LogP contribution in [-0.2, 0) is 14.3 Å². The summed E-state index contributed by atoms with van der Waals surface area (Å²) in [6, 6.07) is 0. The van der Waals surface area contributed by atoms with E-state index in [1.165, 1.54) is 0 Å². The van der Waals surface area contributed by atoms with Crippen LogP contribution < -0.4 is 0 Å². The van der Waals surface area contributed by atoms with Crippen LogP contribution in [0.5, 0.6) is 0 Å². The zero-order valence-corrected chi connectivity index (χ0v) is 10.4. The molecule has 1 N–H and O–H groups in total. The maximum Gasteiger partial charge on any atom is 0.309 e. The number of aliphatic carboxylic acids is 1. The highest BCUT2D eigenvalue weighted by Gasteiger charge is 2.40. The molecular weight excluding hydrogens is 220 g/mol. The van der Waals surface area contributed by atoms with Gasteiger partial charge < -0.3 is 9.84 Å². The van der Waals surface area contributed by atoms with Gasteiger partial charge in [-0.05, 0) is 26.7 Å². The van der Waals surface area contributed by atoms with Crippen LogP contribution in [0.25, 0.3) is 0 Å². The molecule has 0 aliphatic heterocycles. The van der Waals surface area contributed by atoms with Gasteiger partial charge in [-0.15, -0.1) is 0 Å². The van der Waals surface area contributed by atoms with Gasteiger partial charge >= 0.3 is 11.9 Å². The quantitative estimate of drug-likeness (QED) is 0.604. The average molecular weight is 240 g/mol. The predicted molar refractivity (Wildman–Crippen MR) is 63.4 cm³/mol. The Balaban J connectivity index is 2.86. The minimum atomic E-state index is -0.818. The van der Waals surface area contributed by atoms with Crippen molar-refractivity contribution in [2.24, 2.45) is 17.8 Å². The summed E-state index contributed by atoms with van der Waals surface area (Å²) in [5.41, 5.74) is 0. The summed E-state index contributed by atoms with van der Waals surface area (Å²) in [6.07, 6.45) is 5.78. The highest BCUT2D eigenvalue weighted by molar-refractivity contribution is 5.77. The lowest BCUT2D eigenvalue weighted by Gasteiger charge is -2.32. The van der Waals surface area contributed by atoms with Gasteiger partial charge in [0.05, 0.1) is 18.4 Å². The van der Waals surface area contributed by atoms with Crippen molar-refractivity contribution in [2.75, 3.05) is 6.61 Å². The van der Waals surface area contributed by atoms with Crippen LogP contribution in [-0.4, -0.2) is 23.7 Å². The maximum atomic E-state index is 11.8. The van der Waals surface area contributed by atoms with E-state index >= 15 is 0 Å². The van der Waals surface area contributed by atoms with Gasteiger partial charge in [0.1, 0.15) is 0 Å². The second-order valence-electron chi connectivity index (χ2n) is 4.34. The predicted octanol–water partition coefficient (Wildman–Crippen LogP) is 2.24. The average Bonchev–Trinajstić information content (AvgIpc) is 2.29. The summed E-state index contributed by atoms with van der Waals surface area (Å²) in [7, 11) is 0. The van der Waals surface area contributed by atoms with Gasteiger partial charge in [-0.25, -0.2) is 0 Å². The summed E-state index contributed by atoms with van der Waals surface area (Å²) < 4.78 is 5.02. The highest BCUT2D eigenvalue weighted by atomic mass is 16.5. The van der Waals surface area contributed by atoms with E-state index in [4.69, 9.17) is 4.74 Å². The van der Waals surface area contributed by atoms with Crippen molar-refractivity contribution in [2.45, 2.75) is 33.1 Å². The molecular formula is C13H20O4. The Kier molecular flexibility index (Phi) is 5.19. The molecule has 0 heterocycles. The van der Waals surface area contributed by atoms with Gasteiger partial charge in [-0.3, -0.25) is 9.59 Å². The minimum Gasteiger partial charge on any atom is -0.481 e. The standard InChI is InChI=1S/C13H20O4/c1-3-6-9-10(12(14)15)7-5-8-11(9)13(16)17-4-2/h3,6,9-11H,4-5,7-8H2,1-2H3,(H,14,15)/b6-3+/t9-,10-,11+/m1/s1. The first-order valence-electron chi connectivity index (χ1n) is 6.14. The molecule has 17 heavy (non-hydrogen) atoms. The lowest BCUT2D eigenvalue weighted by atomic mass is 9.72. The molecule has 1 aliphatic carbocycles. The molecule has 3 atom stereocenters. The van der Waals surface area contributed by atoms with Crippen molar-refractivity contribution < 1.29 is 19.4 Å². The van der Waals surface area contributed by atoms with Gasteiger partial charge in [0, 0.05) is 5.92 Å². The third-order valence-corrected chi connectivity index (χ3v) is 3.28. The van der Waals surface area contributed by atoms with E-state index in [-0.39, 0.29) is 17.8 Å². The number of carbonyl (C=O) groups excluding carboxylic acids is 1. The molecule has 0 aromatic carbocycles. The summed E-state index contributed by atoms with van der Waals surface area (Å²) in [5, 5.41) is 9.18. The molecule has 1 saturated carbocycles. The first-order valence-corrected chi connectivity index (χ1v) is 6.14. The van der Waals surface area contributed by atoms with Crippen molar-refractivity contribution in [1.82, 2.24) is 0 Å². The second-order valence-corrected chi connectivity index (χ2v) is 4.34. The molecule has 96 valence electrons. The molecule has 0 aromatic rings. The molecule has 0 amide bonds. The number of hydrogen-bond acceptors (Lipinski definition) is 3. The number of ether oxygens (including phenoxy) is 1. The lowest BCUT2D eigenvalue weighted by Crippen LogP contribution is -2.37. The highest BCUT2D eigenvalue weighted by Crippen LogP contribution is 2.36. The lowest BCUT2D eigenvalue weighted by molar-refractivity contribution is -0.154. The number of rotatable bonds is 4. The van der Waals surface area contributed by atoms with E-state index in [1.807, 2.05) is 19.1 Å². The Bertz CT molecular complexity index is 309. The summed E-state index contributed by atoms with van der Waals surface area (Å²) in [4.78, 5) is 23.0. The van der Waals surface area contributed by atoms with Crippen LogP contribution in [0.15, 0.2) is 12.2 Å². The molecule has 0 aromatic heterocycles. The van der Waals surface area contributed by atoms with E-state index in [0.717, 1.165) is 12.8 Å². The van der Waals surface area contributed by atoms with Crippen molar-refractivity contribution >= 4 is 11.9 Å². The van der Waals surface area contributed by atoms with Crippen molar-refractivity contribution in [3.63, 3.8) is 0 Å². The summed E-state index contributed by atoms with van der Waals surface area (Å²) in [5.74, 6) is -2.08. The van der Waals surface area contributed by atoms with E-state index in [0.29, 0.717) is 13.0 Å². The zero-order valence-electron chi connectivity index (χ0n) is 10.4. The third-order valence-electron chi connectivity index (χ3n) is 3.28. The van der Waals surface area contributed by atoms with Crippen LogP contribution in [0.1, 0.15) is 33.1 Å². The fourth-order valence-corrected chi connectivity index (χ4v) is 2.53. The Labute approximate surface area is 102 Å². The summed E-state index contributed by atoms with van der Waals surface area (Å²) >= 11 is 0. The Hall–Kier alpha value is -1.32. The van der Waals surface area contributed by atoms with E-state index in [2.05, 4.69) is 0 Å². The van der Waals surface area contributed by atoms with E-state index < -0.39 is 11.9 Å². The van der Waals surface area contributed by atoms with E-state index in [9.17, 15) is 14.7 Å². The van der Waals surface area contributed by atoms with Crippen LogP contribution in [0.4, 0.5) is 0 Å². The molecule has 0 saturated heterocycles. The van der Waals surface area contributed by atoms with Crippen LogP contribution >= 0.6 is 0 Å². The minimum absolute atomic E-state index is 0.231. The van der Waals surface area contributed by atoms with E-state index in [1.54, 1.807) is 6.92 Å². The molecule has 0 radical (unpaired) electrons. The number of carbonyl (C=O) groups is 2. The molecule has 1 rings (SSSR count). The number of esters is 1. The number of hydrogen-bond donors (Lipinski definition) is 1. The van der Waals surface area contributed by atoms with Gasteiger partial charge in [0.15, 0.2) is 0 Å². The van der Waals surface area contributed by atoms with Crippen molar-refractivity contribution in [1.29, 1.82) is 0 Å². The maximum absolute atomic E-state index is 11.8. The molecule has 0 unspecified atom stereocenters. The molecule has 4 heteroatoms. The number of allylic oxidation sites excluding steroid dienone is 2.